The first-order chi connectivity index (χ1) is 17.2. The van der Waals surface area contributed by atoms with Gasteiger partial charge in [-0.1, -0.05) is 37.6 Å². The van der Waals surface area contributed by atoms with Gasteiger partial charge in [-0.15, -0.1) is 0 Å². The van der Waals surface area contributed by atoms with E-state index in [9.17, 15) is 14.7 Å². The highest BCUT2D eigenvalue weighted by Gasteiger charge is 2.19. The van der Waals surface area contributed by atoms with Crippen molar-refractivity contribution in [2.24, 2.45) is 0 Å². The molecule has 1 aromatic heterocycles. The molecule has 0 unspecified atom stereocenters. The maximum Gasteiger partial charge on any atom is 0.336 e. The Morgan fingerprint density at radius 2 is 1.72 bits per heavy atom. The van der Waals surface area contributed by atoms with Crippen LogP contribution in [-0.4, -0.2) is 52.7 Å². The topological polar surface area (TPSA) is 78.7 Å². The monoisotopic (exact) mass is 484 g/mol. The van der Waals surface area contributed by atoms with Gasteiger partial charge in [0.2, 0.25) is 0 Å². The predicted molar refractivity (Wildman–Crippen MR) is 144 cm³/mol. The summed E-state index contributed by atoms with van der Waals surface area (Å²) in [6.07, 6.45) is 2.90. The summed E-state index contributed by atoms with van der Waals surface area (Å²) in [5.74, 6) is 0.0177. The number of anilines is 1. The third-order valence-electron chi connectivity index (χ3n) is 6.43. The Labute approximate surface area is 211 Å². The molecule has 0 aliphatic heterocycles. The molecule has 0 spiro atoms. The second kappa shape index (κ2) is 10.2. The molecule has 2 amide bonds. The van der Waals surface area contributed by atoms with Crippen molar-refractivity contribution < 1.29 is 14.7 Å². The van der Waals surface area contributed by atoms with Gasteiger partial charge in [-0.05, 0) is 66.4 Å². The normalized spacial score (nSPS) is 11.0. The highest BCUT2D eigenvalue weighted by atomic mass is 16.4. The smallest absolute Gasteiger partial charge is 0.336 e. The van der Waals surface area contributed by atoms with Crippen LogP contribution >= 0.6 is 0 Å². The highest BCUT2D eigenvalue weighted by molar-refractivity contribution is 5.97. The van der Waals surface area contributed by atoms with Crippen LogP contribution in [0.5, 0.6) is 0 Å². The average molecular weight is 485 g/mol. The second-order valence-electron chi connectivity index (χ2n) is 9.23. The van der Waals surface area contributed by atoms with Crippen LogP contribution in [0.2, 0.25) is 0 Å². The number of aromatic nitrogens is 2. The number of rotatable bonds is 7. The van der Waals surface area contributed by atoms with Crippen molar-refractivity contribution >= 4 is 28.7 Å². The van der Waals surface area contributed by atoms with E-state index in [2.05, 4.69) is 17.6 Å². The zero-order valence-corrected chi connectivity index (χ0v) is 21.4. The Morgan fingerprint density at radius 3 is 2.39 bits per heavy atom. The van der Waals surface area contributed by atoms with E-state index in [1.54, 1.807) is 43.1 Å². The number of hydrogen-bond donors (Lipinski definition) is 1. The van der Waals surface area contributed by atoms with Crippen molar-refractivity contribution in [1.82, 2.24) is 14.5 Å². The van der Waals surface area contributed by atoms with E-state index >= 15 is 0 Å². The fourth-order valence-corrected chi connectivity index (χ4v) is 4.52. The molecule has 0 aliphatic carbocycles. The van der Waals surface area contributed by atoms with Crippen molar-refractivity contribution in [3.05, 3.63) is 77.6 Å². The number of carboxylic acids is 1. The van der Waals surface area contributed by atoms with E-state index in [0.29, 0.717) is 5.56 Å². The fraction of sp³-hybridized carbons (Fsp3) is 0.276. The van der Waals surface area contributed by atoms with Crippen LogP contribution in [0.3, 0.4) is 0 Å². The summed E-state index contributed by atoms with van der Waals surface area (Å²) in [5.41, 5.74) is 6.37. The second-order valence-corrected chi connectivity index (χ2v) is 9.23. The van der Waals surface area contributed by atoms with Gasteiger partial charge in [0.15, 0.2) is 0 Å². The van der Waals surface area contributed by atoms with E-state index in [0.717, 1.165) is 58.6 Å². The van der Waals surface area contributed by atoms with E-state index in [1.165, 1.54) is 0 Å². The van der Waals surface area contributed by atoms with Gasteiger partial charge in [0, 0.05) is 38.9 Å². The summed E-state index contributed by atoms with van der Waals surface area (Å²) in [4.78, 5) is 32.4. The SMILES string of the molecule is CCCCc1nc2ccc(N(C)C(=O)N(C)C)cc2n1-c1ccc(-c2ccccc2C(=O)O)c(C)c1. The van der Waals surface area contributed by atoms with E-state index in [4.69, 9.17) is 4.98 Å². The van der Waals surface area contributed by atoms with Crippen molar-refractivity contribution in [2.75, 3.05) is 26.0 Å². The van der Waals surface area contributed by atoms with Crippen LogP contribution in [0.25, 0.3) is 27.8 Å². The number of amides is 2. The largest absolute Gasteiger partial charge is 0.478 e. The lowest BCUT2D eigenvalue weighted by Gasteiger charge is -2.22. The van der Waals surface area contributed by atoms with Crippen molar-refractivity contribution in [1.29, 1.82) is 0 Å². The molecule has 7 nitrogen and oxygen atoms in total. The Hall–Kier alpha value is -4.13. The Balaban J connectivity index is 1.86. The number of benzene rings is 3. The minimum Gasteiger partial charge on any atom is -0.478 e. The number of carboxylic acid groups (broad SMARTS) is 1. The van der Waals surface area contributed by atoms with Crippen molar-refractivity contribution in [3.8, 4) is 16.8 Å². The molecule has 0 saturated carbocycles. The number of unbranched alkanes of at least 4 members (excludes halogenated alkanes) is 1. The molecule has 4 aromatic rings. The number of fused-ring (bicyclic) bond motifs is 1. The van der Waals surface area contributed by atoms with Crippen molar-refractivity contribution in [3.63, 3.8) is 0 Å². The molecule has 0 saturated heterocycles. The molecule has 186 valence electrons. The Bertz CT molecular complexity index is 1440. The fourth-order valence-electron chi connectivity index (χ4n) is 4.52. The summed E-state index contributed by atoms with van der Waals surface area (Å²) in [7, 11) is 5.23. The molecule has 4 rings (SSSR count). The lowest BCUT2D eigenvalue weighted by molar-refractivity contribution is 0.0697. The Morgan fingerprint density at radius 1 is 0.972 bits per heavy atom. The maximum atomic E-state index is 12.6. The van der Waals surface area contributed by atoms with Gasteiger partial charge >= 0.3 is 12.0 Å². The first-order valence-corrected chi connectivity index (χ1v) is 12.1. The first kappa shape index (κ1) is 25.0. The molecule has 3 aromatic carbocycles. The molecule has 0 radical (unpaired) electrons. The van der Waals surface area contributed by atoms with Gasteiger partial charge < -0.3 is 10.0 Å². The molecular formula is C29H32N4O3. The van der Waals surface area contributed by atoms with Crippen LogP contribution in [0.15, 0.2) is 60.7 Å². The number of urea groups is 1. The number of aryl methyl sites for hydroxylation is 2. The van der Waals surface area contributed by atoms with Crippen LogP contribution in [0, 0.1) is 6.92 Å². The third kappa shape index (κ3) is 4.69. The van der Waals surface area contributed by atoms with Crippen molar-refractivity contribution in [2.45, 2.75) is 33.1 Å². The van der Waals surface area contributed by atoms with Gasteiger partial charge in [0.1, 0.15) is 5.82 Å². The number of nitrogens with zero attached hydrogens (tertiary/aromatic N) is 4. The van der Waals surface area contributed by atoms with Gasteiger partial charge in [-0.2, -0.15) is 0 Å². The average Bonchev–Trinajstić information content (AvgIpc) is 3.23. The van der Waals surface area contributed by atoms with E-state index < -0.39 is 5.97 Å². The molecule has 7 heteroatoms. The highest BCUT2D eigenvalue weighted by Crippen LogP contribution is 2.32. The van der Waals surface area contributed by atoms with Crippen LogP contribution < -0.4 is 4.90 Å². The lowest BCUT2D eigenvalue weighted by atomic mass is 9.95. The number of carbonyl (C=O) groups excluding carboxylic acids is 1. The van der Waals surface area contributed by atoms with Gasteiger partial charge in [-0.25, -0.2) is 14.6 Å². The quantitative estimate of drug-likeness (QED) is 0.341. The van der Waals surface area contributed by atoms with E-state index in [1.807, 2.05) is 49.4 Å². The predicted octanol–water partition coefficient (Wildman–Crippen LogP) is 6.16. The van der Waals surface area contributed by atoms with Crippen LogP contribution in [0.1, 0.15) is 41.5 Å². The van der Waals surface area contributed by atoms with Gasteiger partial charge in [-0.3, -0.25) is 9.47 Å². The number of imidazole rings is 1. The number of aromatic carboxylic acids is 1. The van der Waals surface area contributed by atoms with E-state index in [-0.39, 0.29) is 11.6 Å². The zero-order valence-electron chi connectivity index (χ0n) is 21.4. The van der Waals surface area contributed by atoms with Crippen LogP contribution in [-0.2, 0) is 6.42 Å². The Kier molecular flexibility index (Phi) is 7.10. The summed E-state index contributed by atoms with van der Waals surface area (Å²) in [6, 6.07) is 18.9. The maximum absolute atomic E-state index is 12.6. The molecule has 1 N–H and O–H groups in total. The summed E-state index contributed by atoms with van der Waals surface area (Å²) >= 11 is 0. The van der Waals surface area contributed by atoms with Crippen LogP contribution in [0.4, 0.5) is 10.5 Å². The summed E-state index contributed by atoms with van der Waals surface area (Å²) in [5, 5.41) is 9.66. The summed E-state index contributed by atoms with van der Waals surface area (Å²) in [6.45, 7) is 4.16. The standard InChI is InChI=1S/C29H32N4O3/c1-6-7-12-27-30-25-16-14-20(32(5)29(36)31(3)4)18-26(25)33(27)21-13-15-22(19(2)17-21)23-10-8-9-11-24(23)28(34)35/h8-11,13-18H,6-7,12H2,1-5H3,(H,34,35). The van der Waals surface area contributed by atoms with Gasteiger partial charge in [0.25, 0.3) is 0 Å². The molecule has 0 aliphatic rings. The zero-order chi connectivity index (χ0) is 26.0. The lowest BCUT2D eigenvalue weighted by Crippen LogP contribution is -2.36. The molecule has 0 atom stereocenters. The molecule has 0 fully saturated rings. The molecular weight excluding hydrogens is 452 g/mol. The summed E-state index contributed by atoms with van der Waals surface area (Å²) < 4.78 is 2.16. The number of carbonyl (C=O) groups is 2. The minimum atomic E-state index is -0.944. The number of hydrogen-bond acceptors (Lipinski definition) is 3. The first-order valence-electron chi connectivity index (χ1n) is 12.1. The molecule has 1 heterocycles. The molecule has 36 heavy (non-hydrogen) atoms. The molecule has 0 bridgehead atoms. The van der Waals surface area contributed by atoms with Gasteiger partial charge in [0.05, 0.1) is 16.6 Å². The third-order valence-corrected chi connectivity index (χ3v) is 6.43. The minimum absolute atomic E-state index is 0.107.